The lowest BCUT2D eigenvalue weighted by Gasteiger charge is -2.26. The summed E-state index contributed by atoms with van der Waals surface area (Å²) in [6.45, 7) is 10.3. The minimum absolute atomic E-state index is 0.105. The van der Waals surface area contributed by atoms with Gasteiger partial charge in [0, 0.05) is 12.6 Å². The van der Waals surface area contributed by atoms with E-state index in [-0.39, 0.29) is 18.1 Å². The van der Waals surface area contributed by atoms with Crippen molar-refractivity contribution in [3.63, 3.8) is 0 Å². The normalized spacial score (nSPS) is 14.6. The van der Waals surface area contributed by atoms with Crippen molar-refractivity contribution in [1.82, 2.24) is 25.1 Å². The zero-order valence-corrected chi connectivity index (χ0v) is 14.1. The molecule has 0 aliphatic rings. The molecule has 1 rings (SSSR count). The van der Waals surface area contributed by atoms with Crippen molar-refractivity contribution in [2.75, 3.05) is 12.3 Å². The molecule has 1 heterocycles. The van der Waals surface area contributed by atoms with Gasteiger partial charge in [0.05, 0.1) is 17.8 Å². The Hall–Kier alpha value is -1.09. The van der Waals surface area contributed by atoms with Crippen LogP contribution in [0.1, 0.15) is 46.9 Å². The fraction of sp³-hybridized carbons (Fsp3) is 0.917. The van der Waals surface area contributed by atoms with Crippen LogP contribution in [0.5, 0.6) is 0 Å². The zero-order chi connectivity index (χ0) is 16.3. The third kappa shape index (κ3) is 6.04. The van der Waals surface area contributed by atoms with Crippen LogP contribution in [0.25, 0.3) is 0 Å². The topological polar surface area (TPSA) is 81.0 Å². The summed E-state index contributed by atoms with van der Waals surface area (Å²) in [6, 6.07) is 0.105. The monoisotopic (exact) mass is 321 g/mol. The Morgan fingerprint density at radius 2 is 2.00 bits per heavy atom. The average molecular weight is 321 g/mol. The lowest BCUT2D eigenvalue weighted by atomic mass is 10.1. The zero-order valence-electron chi connectivity index (χ0n) is 13.2. The number of nitrogens with zero attached hydrogens (tertiary/aromatic N) is 5. The maximum atomic E-state index is 12.7. The van der Waals surface area contributed by atoms with Crippen molar-refractivity contribution in [3.05, 3.63) is 5.82 Å². The molecule has 1 unspecified atom stereocenters. The van der Waals surface area contributed by atoms with Crippen LogP contribution in [0.3, 0.4) is 0 Å². The fourth-order valence-corrected chi connectivity index (χ4v) is 2.16. The van der Waals surface area contributed by atoms with Crippen molar-refractivity contribution < 1.29 is 12.3 Å². The molecule has 0 fully saturated rings. The molecule has 0 amide bonds. The Labute approximate surface area is 125 Å². The SMILES string of the molecule is CCC(C)N(CCS(=O)(=O)F)Cc1nnn(C(C)(C)C)n1. The quantitative estimate of drug-likeness (QED) is 0.705. The highest BCUT2D eigenvalue weighted by atomic mass is 32.3. The van der Waals surface area contributed by atoms with Crippen molar-refractivity contribution in [2.24, 2.45) is 0 Å². The molecule has 1 aromatic heterocycles. The van der Waals surface area contributed by atoms with E-state index in [9.17, 15) is 12.3 Å². The largest absolute Gasteiger partial charge is 0.303 e. The molecule has 0 spiro atoms. The van der Waals surface area contributed by atoms with Gasteiger partial charge in [-0.1, -0.05) is 6.92 Å². The third-order valence-electron chi connectivity index (χ3n) is 3.24. The molecule has 1 aromatic rings. The van der Waals surface area contributed by atoms with E-state index in [2.05, 4.69) is 15.4 Å². The van der Waals surface area contributed by atoms with Gasteiger partial charge in [-0.25, -0.2) is 0 Å². The lowest BCUT2D eigenvalue weighted by molar-refractivity contribution is 0.200. The number of hydrogen-bond donors (Lipinski definition) is 0. The minimum atomic E-state index is -4.47. The van der Waals surface area contributed by atoms with Crippen LogP contribution in [0.4, 0.5) is 3.89 Å². The number of halogens is 1. The van der Waals surface area contributed by atoms with Crippen LogP contribution in [0, 0.1) is 0 Å². The fourth-order valence-electron chi connectivity index (χ4n) is 1.71. The van der Waals surface area contributed by atoms with Crippen molar-refractivity contribution >= 4 is 10.2 Å². The van der Waals surface area contributed by atoms with E-state index in [0.29, 0.717) is 12.4 Å². The number of rotatable bonds is 7. The van der Waals surface area contributed by atoms with E-state index >= 15 is 0 Å². The highest BCUT2D eigenvalue weighted by Crippen LogP contribution is 2.12. The van der Waals surface area contributed by atoms with Gasteiger partial charge in [-0.2, -0.15) is 13.2 Å². The first-order valence-electron chi connectivity index (χ1n) is 6.98. The standard InChI is InChI=1S/C12H24FN5O2S/c1-6-10(2)17(7-8-21(13,19)20)9-11-14-16-18(15-11)12(3,4)5/h10H,6-9H2,1-5H3. The van der Waals surface area contributed by atoms with Crippen LogP contribution in [0.2, 0.25) is 0 Å². The molecule has 0 aliphatic carbocycles. The Bertz CT molecular complexity index is 552. The van der Waals surface area contributed by atoms with Crippen LogP contribution in [-0.4, -0.2) is 51.9 Å². The second kappa shape index (κ2) is 6.78. The van der Waals surface area contributed by atoms with Gasteiger partial charge in [-0.15, -0.1) is 14.1 Å². The average Bonchev–Trinajstić information content (AvgIpc) is 2.80. The Morgan fingerprint density at radius 1 is 1.38 bits per heavy atom. The molecule has 1 atom stereocenters. The number of aromatic nitrogens is 4. The van der Waals surface area contributed by atoms with Gasteiger partial charge in [0.2, 0.25) is 0 Å². The van der Waals surface area contributed by atoms with Crippen LogP contribution < -0.4 is 0 Å². The highest BCUT2D eigenvalue weighted by molar-refractivity contribution is 7.86. The van der Waals surface area contributed by atoms with Gasteiger partial charge in [-0.3, -0.25) is 4.90 Å². The molecular weight excluding hydrogens is 297 g/mol. The summed E-state index contributed by atoms with van der Waals surface area (Å²) in [4.78, 5) is 3.37. The maximum Gasteiger partial charge on any atom is 0.303 e. The van der Waals surface area contributed by atoms with Gasteiger partial charge in [0.25, 0.3) is 0 Å². The second-order valence-corrected chi connectivity index (χ2v) is 7.62. The van der Waals surface area contributed by atoms with E-state index in [1.807, 2.05) is 39.5 Å². The van der Waals surface area contributed by atoms with Gasteiger partial charge < -0.3 is 0 Å². The molecule has 122 valence electrons. The summed E-state index contributed by atoms with van der Waals surface area (Å²) in [6.07, 6.45) is 0.819. The molecule has 0 N–H and O–H groups in total. The van der Waals surface area contributed by atoms with Crippen molar-refractivity contribution in [3.8, 4) is 0 Å². The molecule has 0 saturated heterocycles. The Balaban J connectivity index is 2.79. The Morgan fingerprint density at radius 3 is 2.43 bits per heavy atom. The summed E-state index contributed by atoms with van der Waals surface area (Å²) < 4.78 is 34.1. The number of hydrogen-bond acceptors (Lipinski definition) is 6. The second-order valence-electron chi connectivity index (χ2n) is 6.14. The van der Waals surface area contributed by atoms with Gasteiger partial charge >= 0.3 is 10.2 Å². The van der Waals surface area contributed by atoms with Crippen LogP contribution in [-0.2, 0) is 22.3 Å². The van der Waals surface area contributed by atoms with E-state index < -0.39 is 16.0 Å². The van der Waals surface area contributed by atoms with Gasteiger partial charge in [0.1, 0.15) is 0 Å². The predicted octanol–water partition coefficient (Wildman–Crippen LogP) is 1.33. The van der Waals surface area contributed by atoms with Gasteiger partial charge in [0.15, 0.2) is 5.82 Å². The van der Waals surface area contributed by atoms with Crippen LogP contribution in [0.15, 0.2) is 0 Å². The molecule has 0 radical (unpaired) electrons. The predicted molar refractivity (Wildman–Crippen MR) is 77.9 cm³/mol. The lowest BCUT2D eigenvalue weighted by Crippen LogP contribution is -2.36. The first-order chi connectivity index (χ1) is 9.53. The van der Waals surface area contributed by atoms with E-state index in [1.165, 1.54) is 4.80 Å². The third-order valence-corrected chi connectivity index (χ3v) is 3.91. The minimum Gasteiger partial charge on any atom is -0.292 e. The smallest absolute Gasteiger partial charge is 0.292 e. The summed E-state index contributed by atoms with van der Waals surface area (Å²) in [5.74, 6) is -0.0217. The summed E-state index contributed by atoms with van der Waals surface area (Å²) >= 11 is 0. The summed E-state index contributed by atoms with van der Waals surface area (Å²) in [5, 5.41) is 12.3. The molecule has 21 heavy (non-hydrogen) atoms. The van der Waals surface area contributed by atoms with Crippen LogP contribution >= 0.6 is 0 Å². The molecule has 9 heteroatoms. The van der Waals surface area contributed by atoms with E-state index in [0.717, 1.165) is 6.42 Å². The van der Waals surface area contributed by atoms with Crippen molar-refractivity contribution in [1.29, 1.82) is 0 Å². The first-order valence-corrected chi connectivity index (χ1v) is 8.54. The molecule has 0 bridgehead atoms. The molecular formula is C12H24FN5O2S. The highest BCUT2D eigenvalue weighted by Gasteiger charge is 2.21. The van der Waals surface area contributed by atoms with E-state index in [1.54, 1.807) is 0 Å². The molecule has 0 aliphatic heterocycles. The summed E-state index contributed by atoms with van der Waals surface area (Å²) in [7, 11) is -4.47. The van der Waals surface area contributed by atoms with Crippen molar-refractivity contribution in [2.45, 2.75) is 59.2 Å². The first kappa shape index (κ1) is 18.0. The Kier molecular flexibility index (Phi) is 5.80. The maximum absolute atomic E-state index is 12.7. The summed E-state index contributed by atoms with van der Waals surface area (Å²) in [5.41, 5.74) is -0.269. The molecule has 7 nitrogen and oxygen atoms in total. The molecule has 0 aromatic carbocycles. The number of tetrazole rings is 1. The van der Waals surface area contributed by atoms with E-state index in [4.69, 9.17) is 0 Å². The van der Waals surface area contributed by atoms with Gasteiger partial charge in [-0.05, 0) is 39.3 Å². The molecule has 0 saturated carbocycles.